The van der Waals surface area contributed by atoms with Gasteiger partial charge in [0.05, 0.1) is 18.2 Å². The van der Waals surface area contributed by atoms with E-state index >= 15 is 0 Å². The van der Waals surface area contributed by atoms with E-state index in [0.717, 1.165) is 24.4 Å². The first-order chi connectivity index (χ1) is 12.3. The molecular weight excluding hydrogens is 392 g/mol. The minimum absolute atomic E-state index is 0.0304. The lowest BCUT2D eigenvalue weighted by atomic mass is 10.2. The molecule has 1 aliphatic rings. The van der Waals surface area contributed by atoms with Crippen molar-refractivity contribution in [1.29, 1.82) is 0 Å². The van der Waals surface area contributed by atoms with Gasteiger partial charge in [-0.05, 0) is 55.9 Å². The molecule has 1 aliphatic heterocycles. The standard InChI is InChI=1S/C17H23ClN4O2S2/c1-3-9-21(15-8-10-26(23,24)11-15)12-22-17(25)20(2)16(19-22)13-4-6-14(18)7-5-13/h4-7,15H,3,8-12H2,1-2H3. The molecule has 3 rings (SSSR count). The van der Waals surface area contributed by atoms with E-state index in [4.69, 9.17) is 23.8 Å². The molecule has 1 atom stereocenters. The topological polar surface area (TPSA) is 60.1 Å². The Labute approximate surface area is 164 Å². The SMILES string of the molecule is CCCN(Cn1nc(-c2ccc(Cl)cc2)n(C)c1=S)C1CCS(=O)(=O)C1. The molecular formula is C17H23ClN4O2S2. The van der Waals surface area contributed by atoms with Gasteiger partial charge in [0.2, 0.25) is 0 Å². The highest BCUT2D eigenvalue weighted by Gasteiger charge is 2.32. The van der Waals surface area contributed by atoms with Crippen molar-refractivity contribution in [3.8, 4) is 11.4 Å². The summed E-state index contributed by atoms with van der Waals surface area (Å²) in [7, 11) is -1.04. The van der Waals surface area contributed by atoms with E-state index in [1.165, 1.54) is 0 Å². The van der Waals surface area contributed by atoms with Gasteiger partial charge in [-0.25, -0.2) is 13.1 Å². The van der Waals surface area contributed by atoms with Crippen LogP contribution < -0.4 is 0 Å². The molecule has 6 nitrogen and oxygen atoms in total. The van der Waals surface area contributed by atoms with E-state index in [1.807, 2.05) is 35.9 Å². The molecule has 1 saturated heterocycles. The summed E-state index contributed by atoms with van der Waals surface area (Å²) in [6, 6.07) is 7.51. The first kappa shape index (κ1) is 19.5. The Morgan fingerprint density at radius 3 is 2.62 bits per heavy atom. The Kier molecular flexibility index (Phi) is 5.86. The third kappa shape index (κ3) is 4.19. The van der Waals surface area contributed by atoms with Crippen molar-refractivity contribution in [2.24, 2.45) is 7.05 Å². The van der Waals surface area contributed by atoms with Gasteiger partial charge in [0.1, 0.15) is 0 Å². The number of aromatic nitrogens is 3. The average molecular weight is 415 g/mol. The second-order valence-corrected chi connectivity index (χ2v) is 9.71. The van der Waals surface area contributed by atoms with Crippen LogP contribution in [0.5, 0.6) is 0 Å². The van der Waals surface area contributed by atoms with Crippen LogP contribution in [-0.2, 0) is 23.6 Å². The summed E-state index contributed by atoms with van der Waals surface area (Å²) in [6.45, 7) is 3.40. The zero-order chi connectivity index (χ0) is 18.9. The van der Waals surface area contributed by atoms with Crippen LogP contribution in [0, 0.1) is 4.77 Å². The third-order valence-corrected chi connectivity index (χ3v) is 7.18. The van der Waals surface area contributed by atoms with E-state index in [1.54, 1.807) is 4.68 Å². The Hall–Kier alpha value is -1.22. The van der Waals surface area contributed by atoms with Gasteiger partial charge in [-0.1, -0.05) is 18.5 Å². The maximum absolute atomic E-state index is 11.9. The van der Waals surface area contributed by atoms with Gasteiger partial charge in [0.25, 0.3) is 0 Å². The van der Waals surface area contributed by atoms with Crippen molar-refractivity contribution in [3.63, 3.8) is 0 Å². The van der Waals surface area contributed by atoms with Crippen LogP contribution in [0.1, 0.15) is 19.8 Å². The molecule has 0 aliphatic carbocycles. The Morgan fingerprint density at radius 2 is 2.04 bits per heavy atom. The van der Waals surface area contributed by atoms with Crippen LogP contribution in [0.15, 0.2) is 24.3 Å². The van der Waals surface area contributed by atoms with E-state index in [9.17, 15) is 8.42 Å². The van der Waals surface area contributed by atoms with Crippen molar-refractivity contribution >= 4 is 33.7 Å². The van der Waals surface area contributed by atoms with Gasteiger partial charge >= 0.3 is 0 Å². The highest BCUT2D eigenvalue weighted by Crippen LogP contribution is 2.22. The van der Waals surface area contributed by atoms with E-state index in [0.29, 0.717) is 22.9 Å². The first-order valence-corrected chi connectivity index (χ1v) is 11.3. The molecule has 2 aromatic rings. The summed E-state index contributed by atoms with van der Waals surface area (Å²) in [5.74, 6) is 1.25. The Bertz CT molecular complexity index is 935. The van der Waals surface area contributed by atoms with Gasteiger partial charge in [-0.3, -0.25) is 4.90 Å². The first-order valence-electron chi connectivity index (χ1n) is 8.65. The van der Waals surface area contributed by atoms with Crippen LogP contribution >= 0.6 is 23.8 Å². The van der Waals surface area contributed by atoms with Gasteiger partial charge in [0.15, 0.2) is 20.4 Å². The van der Waals surface area contributed by atoms with Crippen molar-refractivity contribution < 1.29 is 8.42 Å². The van der Waals surface area contributed by atoms with Crippen molar-refractivity contribution in [1.82, 2.24) is 19.2 Å². The summed E-state index contributed by atoms with van der Waals surface area (Å²) in [5.41, 5.74) is 0.937. The van der Waals surface area contributed by atoms with Crippen molar-refractivity contribution in [2.45, 2.75) is 32.5 Å². The summed E-state index contributed by atoms with van der Waals surface area (Å²) < 4.78 is 28.0. The van der Waals surface area contributed by atoms with Crippen LogP contribution in [-0.4, -0.2) is 51.8 Å². The number of nitrogens with zero attached hydrogens (tertiary/aromatic N) is 4. The largest absolute Gasteiger partial charge is 0.303 e. The molecule has 1 aromatic heterocycles. The van der Waals surface area contributed by atoms with Gasteiger partial charge in [0, 0.05) is 23.7 Å². The minimum Gasteiger partial charge on any atom is -0.303 e. The zero-order valence-electron chi connectivity index (χ0n) is 14.9. The highest BCUT2D eigenvalue weighted by molar-refractivity contribution is 7.91. The van der Waals surface area contributed by atoms with Gasteiger partial charge < -0.3 is 4.57 Å². The lowest BCUT2D eigenvalue weighted by Gasteiger charge is -2.27. The van der Waals surface area contributed by atoms with E-state index in [-0.39, 0.29) is 17.5 Å². The van der Waals surface area contributed by atoms with Gasteiger partial charge in [-0.2, -0.15) is 5.10 Å². The normalized spacial score (nSPS) is 19.3. The summed E-state index contributed by atoms with van der Waals surface area (Å²) in [4.78, 5) is 2.18. The van der Waals surface area contributed by atoms with Crippen molar-refractivity contribution in [3.05, 3.63) is 34.1 Å². The Morgan fingerprint density at radius 1 is 1.35 bits per heavy atom. The minimum atomic E-state index is -2.93. The summed E-state index contributed by atoms with van der Waals surface area (Å²) >= 11 is 11.5. The molecule has 0 amide bonds. The van der Waals surface area contributed by atoms with Crippen LogP contribution in [0.3, 0.4) is 0 Å². The second kappa shape index (κ2) is 7.80. The fraction of sp³-hybridized carbons (Fsp3) is 0.529. The quantitative estimate of drug-likeness (QED) is 0.679. The molecule has 1 fully saturated rings. The predicted molar refractivity (Wildman–Crippen MR) is 107 cm³/mol. The molecule has 0 N–H and O–H groups in total. The molecule has 0 saturated carbocycles. The zero-order valence-corrected chi connectivity index (χ0v) is 17.3. The van der Waals surface area contributed by atoms with Crippen LogP contribution in [0.4, 0.5) is 0 Å². The van der Waals surface area contributed by atoms with Crippen LogP contribution in [0.25, 0.3) is 11.4 Å². The fourth-order valence-electron chi connectivity index (χ4n) is 3.32. The lowest BCUT2D eigenvalue weighted by Crippen LogP contribution is -2.38. The molecule has 142 valence electrons. The molecule has 26 heavy (non-hydrogen) atoms. The van der Waals surface area contributed by atoms with E-state index < -0.39 is 9.84 Å². The number of sulfone groups is 1. The summed E-state index contributed by atoms with van der Waals surface area (Å²) in [6.07, 6.45) is 1.62. The van der Waals surface area contributed by atoms with E-state index in [2.05, 4.69) is 16.9 Å². The van der Waals surface area contributed by atoms with Crippen LogP contribution in [0.2, 0.25) is 5.02 Å². The second-order valence-electron chi connectivity index (χ2n) is 6.68. The monoisotopic (exact) mass is 414 g/mol. The predicted octanol–water partition coefficient (Wildman–Crippen LogP) is 3.13. The molecule has 1 aromatic carbocycles. The Balaban J connectivity index is 1.87. The molecule has 9 heteroatoms. The van der Waals surface area contributed by atoms with Gasteiger partial charge in [-0.15, -0.1) is 0 Å². The molecule has 0 radical (unpaired) electrons. The molecule has 2 heterocycles. The number of benzene rings is 1. The summed E-state index contributed by atoms with van der Waals surface area (Å²) in [5, 5.41) is 5.35. The fourth-order valence-corrected chi connectivity index (χ4v) is 5.39. The number of hydrogen-bond donors (Lipinski definition) is 0. The molecule has 0 spiro atoms. The average Bonchev–Trinajstić information content (AvgIpc) is 3.09. The maximum Gasteiger partial charge on any atom is 0.199 e. The number of hydrogen-bond acceptors (Lipinski definition) is 5. The van der Waals surface area contributed by atoms with Crippen molar-refractivity contribution in [2.75, 3.05) is 18.1 Å². The third-order valence-electron chi connectivity index (χ3n) is 4.69. The lowest BCUT2D eigenvalue weighted by molar-refractivity contribution is 0.155. The smallest absolute Gasteiger partial charge is 0.199 e. The maximum atomic E-state index is 11.9. The molecule has 0 bridgehead atoms. The number of halogens is 1. The molecule has 1 unspecified atom stereocenters. The number of rotatable bonds is 6. The highest BCUT2D eigenvalue weighted by atomic mass is 35.5.